The molecule has 0 nitrogen and oxygen atoms in total. The number of hydrogen-bond donors (Lipinski definition) is 0. The van der Waals surface area contributed by atoms with Crippen LogP contribution in [0.3, 0.4) is 0 Å². The minimum absolute atomic E-state index is 1.12. The molecule has 6 rings (SSSR count). The van der Waals surface area contributed by atoms with Gasteiger partial charge in [-0.3, -0.25) is 0 Å². The van der Waals surface area contributed by atoms with E-state index in [-0.39, 0.29) is 0 Å². The first-order valence-electron chi connectivity index (χ1n) is 58.6. The van der Waals surface area contributed by atoms with E-state index in [1.807, 2.05) is 0 Å². The molecule has 0 aliphatic carbocycles. The van der Waals surface area contributed by atoms with Gasteiger partial charge in [0.15, 0.2) is 0 Å². The minimum atomic E-state index is 1.12. The van der Waals surface area contributed by atoms with Crippen molar-refractivity contribution in [3.63, 3.8) is 0 Å². The Labute approximate surface area is 832 Å². The minimum Gasteiger partial charge on any atom is -0.0985 e. The average Bonchev–Trinajstić information content (AvgIpc) is 0.812. The molecule has 6 aromatic rings. The van der Waals surface area contributed by atoms with Crippen molar-refractivity contribution in [3.05, 3.63) is 219 Å². The molecule has 0 aromatic heterocycles. The van der Waals surface area contributed by atoms with Crippen molar-refractivity contribution in [2.75, 3.05) is 0 Å². The van der Waals surface area contributed by atoms with Gasteiger partial charge in [-0.15, -0.1) is 0 Å². The van der Waals surface area contributed by atoms with E-state index in [1.54, 1.807) is 0 Å². The third kappa shape index (κ3) is 47.4. The maximum atomic E-state index is 4.42. The van der Waals surface area contributed by atoms with Crippen LogP contribution in [-0.2, 0) is 77.0 Å². The summed E-state index contributed by atoms with van der Waals surface area (Å²) in [5.41, 5.74) is 35.5. The van der Waals surface area contributed by atoms with Gasteiger partial charge in [0, 0.05) is 0 Å². The van der Waals surface area contributed by atoms with E-state index >= 15 is 0 Å². The zero-order chi connectivity index (χ0) is 95.7. The van der Waals surface area contributed by atoms with Gasteiger partial charge < -0.3 is 0 Å². The molecule has 0 saturated heterocycles. The van der Waals surface area contributed by atoms with Crippen LogP contribution in [0.4, 0.5) is 0 Å². The highest BCUT2D eigenvalue weighted by molar-refractivity contribution is 5.83. The topological polar surface area (TPSA) is 0 Å². The molecule has 0 spiro atoms. The molecule has 0 heteroatoms. The molecule has 0 amide bonds. The molecule has 0 unspecified atom stereocenters. The molecular weight excluding hydrogens is 1610 g/mol. The Hall–Kier alpha value is -6.50. The molecule has 0 atom stereocenters. The Kier molecular flexibility index (Phi) is 66.3. The first kappa shape index (κ1) is 116. The van der Waals surface area contributed by atoms with Crippen LogP contribution in [0.15, 0.2) is 86.0 Å². The molecule has 744 valence electrons. The molecule has 0 heterocycles. The van der Waals surface area contributed by atoms with Crippen molar-refractivity contribution in [1.29, 1.82) is 0 Å². The summed E-state index contributed by atoms with van der Waals surface area (Å²) in [6.07, 6.45) is 121. The maximum Gasteiger partial charge on any atom is -0.0221 e. The lowest BCUT2D eigenvalue weighted by Gasteiger charge is -2.17. The van der Waals surface area contributed by atoms with Crippen LogP contribution in [0.2, 0.25) is 0 Å². The summed E-state index contributed by atoms with van der Waals surface area (Å²) in [6.45, 7) is 37.2. The van der Waals surface area contributed by atoms with E-state index < -0.39 is 0 Å². The van der Waals surface area contributed by atoms with Gasteiger partial charge in [0.25, 0.3) is 0 Å². The van der Waals surface area contributed by atoms with Gasteiger partial charge >= 0.3 is 0 Å². The van der Waals surface area contributed by atoms with Crippen molar-refractivity contribution in [1.82, 2.24) is 0 Å². The fourth-order valence-electron chi connectivity index (χ4n) is 20.8. The monoisotopic (exact) mass is 1820 g/mol. The quantitative estimate of drug-likeness (QED) is 0.0264. The van der Waals surface area contributed by atoms with Crippen LogP contribution >= 0.6 is 0 Å². The highest BCUT2D eigenvalue weighted by Gasteiger charge is 2.19. The highest BCUT2D eigenvalue weighted by atomic mass is 14.2. The first-order chi connectivity index (χ1) is 66.0. The predicted molar refractivity (Wildman–Crippen MR) is 613 cm³/mol. The van der Waals surface area contributed by atoms with Gasteiger partial charge in [0.1, 0.15) is 0 Å². The molecular formula is C134H208. The van der Waals surface area contributed by atoms with Crippen molar-refractivity contribution in [3.8, 4) is 0 Å². The van der Waals surface area contributed by atoms with E-state index in [9.17, 15) is 0 Å². The Morgan fingerprint density at radius 2 is 0.201 bits per heavy atom. The summed E-state index contributed by atoms with van der Waals surface area (Å²) in [7, 11) is 0. The lowest BCUT2D eigenvalue weighted by molar-refractivity contribution is 0.629. The van der Waals surface area contributed by atoms with Gasteiger partial charge in [-0.1, -0.05) is 550 Å². The lowest BCUT2D eigenvalue weighted by Crippen LogP contribution is -2.00. The number of hydrogen-bond acceptors (Lipinski definition) is 0. The third-order valence-electron chi connectivity index (χ3n) is 29.7. The molecule has 0 bridgehead atoms. The predicted octanol–water partition coefficient (Wildman–Crippen LogP) is 44.0. The summed E-state index contributed by atoms with van der Waals surface area (Å²) in [4.78, 5) is 0. The first-order valence-corrected chi connectivity index (χ1v) is 58.6. The molecule has 0 radical (unpaired) electrons. The number of benzene rings is 6. The van der Waals surface area contributed by atoms with Crippen molar-refractivity contribution in [2.45, 2.75) is 545 Å². The molecule has 0 saturated carbocycles. The second-order valence-electron chi connectivity index (χ2n) is 41.5. The van der Waals surface area contributed by atoms with Gasteiger partial charge in [-0.25, -0.2) is 0 Å². The average molecular weight is 1820 g/mol. The van der Waals surface area contributed by atoms with Gasteiger partial charge in [-0.2, -0.15) is 0 Å². The molecule has 0 N–H and O–H groups in total. The van der Waals surface area contributed by atoms with Gasteiger partial charge in [0.2, 0.25) is 0 Å². The van der Waals surface area contributed by atoms with Gasteiger partial charge in [-0.05, 0) is 288 Å². The summed E-state index contributed by atoms with van der Waals surface area (Å²) in [5, 5.41) is 0. The summed E-state index contributed by atoms with van der Waals surface area (Å²) in [5.74, 6) is 0. The van der Waals surface area contributed by atoms with Crippen molar-refractivity contribution >= 4 is 72.9 Å². The van der Waals surface area contributed by atoms with Gasteiger partial charge in [0.05, 0.1) is 0 Å². The van der Waals surface area contributed by atoms with E-state index in [2.05, 4.69) is 242 Å². The molecule has 0 aliphatic rings. The van der Waals surface area contributed by atoms with Crippen LogP contribution in [0.1, 0.15) is 602 Å². The maximum absolute atomic E-state index is 4.42. The smallest absolute Gasteiger partial charge is 0.0221 e. The Balaban J connectivity index is 1.59. The van der Waals surface area contributed by atoms with Crippen LogP contribution in [0, 0.1) is 0 Å². The molecule has 0 aliphatic heterocycles. The van der Waals surface area contributed by atoms with E-state index in [1.165, 1.54) is 519 Å². The second-order valence-corrected chi connectivity index (χ2v) is 41.5. The summed E-state index contributed by atoms with van der Waals surface area (Å²) < 4.78 is 0. The lowest BCUT2D eigenvalue weighted by atomic mass is 9.88. The largest absolute Gasteiger partial charge is 0.0985 e. The number of aryl methyl sites for hydroxylation is 12. The Morgan fingerprint density at radius 1 is 0.119 bits per heavy atom. The van der Waals surface area contributed by atoms with Crippen LogP contribution < -0.4 is 0 Å². The standard InChI is InChI=1S/C134H208/c1-15-29-41-53-65-77-113-101-125(115(99-111(113)27-13)79-67-55-43-31-17-3)89-91-127-103-119(83-71-59-47-35-21-7)129(105-117(127)81-69-57-45-33-19-5)93-95-131-107-123(87-75-63-51-39-25-11)133(109-121(131)85-73-61-49-37-23-9)97-98-134-110-122(86-74-62-50-38-24-10)132(108-124(134)88-76-64-52-40-26-12)96-94-130-106-118(82-70-58-46-34-20-6)128(104-120(130)84-72-60-48-36-22-8)92-90-126-102-114(78-66-54-42-30-16-2)112(28-14)100-116(126)80-68-56-44-32-18-4/h27-28,89-110H,13-26,29-88H2,1-12H3/b91-89+,92-90+,95-93+,96-94+,98-97+. The fourth-order valence-corrected chi connectivity index (χ4v) is 20.8. The zero-order valence-electron chi connectivity index (χ0n) is 90.2. The van der Waals surface area contributed by atoms with Crippen molar-refractivity contribution < 1.29 is 0 Å². The van der Waals surface area contributed by atoms with E-state index in [0.717, 1.165) is 77.0 Å². The van der Waals surface area contributed by atoms with E-state index in [0.29, 0.717) is 0 Å². The Bertz CT molecular complexity index is 3940. The molecule has 134 heavy (non-hydrogen) atoms. The van der Waals surface area contributed by atoms with Crippen LogP contribution in [-0.4, -0.2) is 0 Å². The molecule has 6 aromatic carbocycles. The SMILES string of the molecule is C=Cc1cc(CCCCCCC)c(/C=C/c2cc(CCCCCCC)c(/C=C/c3cc(CCCCCCC)c(/C=C/c4cc(CCCCCCC)c(/C=C/c5cc(CCCCCCC)c(/C=C/c6cc(CCCCCCC)c(C=C)cc6CCCCCCC)cc5CCCCCCC)cc4CCCCCCC)cc3CCCCCCC)cc2CCCCCCC)cc1CCCCCCC. The third-order valence-corrected chi connectivity index (χ3v) is 29.7. The summed E-state index contributed by atoms with van der Waals surface area (Å²) in [6, 6.07) is 31.9. The highest BCUT2D eigenvalue weighted by Crippen LogP contribution is 2.36. The normalized spacial score (nSPS) is 12.0. The van der Waals surface area contributed by atoms with Crippen LogP contribution in [0.5, 0.6) is 0 Å². The van der Waals surface area contributed by atoms with E-state index in [4.69, 9.17) is 0 Å². The Morgan fingerprint density at radius 3 is 0.291 bits per heavy atom. The molecule has 0 fully saturated rings. The number of unbranched alkanes of at least 4 members (excludes halogenated alkanes) is 48. The summed E-state index contributed by atoms with van der Waals surface area (Å²) >= 11 is 0. The van der Waals surface area contributed by atoms with Crippen molar-refractivity contribution in [2.24, 2.45) is 0 Å². The second kappa shape index (κ2) is 76.4. The number of rotatable bonds is 84. The zero-order valence-corrected chi connectivity index (χ0v) is 90.2. The fraction of sp³-hybridized carbons (Fsp3) is 0.627. The van der Waals surface area contributed by atoms with Crippen LogP contribution in [0.25, 0.3) is 72.9 Å².